The van der Waals surface area contributed by atoms with Crippen molar-refractivity contribution in [1.82, 2.24) is 0 Å². The minimum absolute atomic E-state index is 0.184. The van der Waals surface area contributed by atoms with Gasteiger partial charge in [-0.3, -0.25) is 9.59 Å². The van der Waals surface area contributed by atoms with Gasteiger partial charge < -0.3 is 19.8 Å². The van der Waals surface area contributed by atoms with E-state index < -0.39 is 5.91 Å². The van der Waals surface area contributed by atoms with Crippen molar-refractivity contribution in [1.29, 1.82) is 0 Å². The van der Waals surface area contributed by atoms with E-state index in [1.54, 1.807) is 36.4 Å². The van der Waals surface area contributed by atoms with Crippen LogP contribution in [0.1, 0.15) is 48.9 Å². The molecule has 35 heavy (non-hydrogen) atoms. The number of aryl methyl sites for hydroxylation is 3. The molecular weight excluding hydrogens is 440 g/mol. The van der Waals surface area contributed by atoms with Gasteiger partial charge in [0, 0.05) is 17.7 Å². The molecule has 0 unspecified atom stereocenters. The van der Waals surface area contributed by atoms with Gasteiger partial charge in [0.1, 0.15) is 11.5 Å². The number of benzene rings is 3. The van der Waals surface area contributed by atoms with Gasteiger partial charge in [-0.1, -0.05) is 35.9 Å². The number of hydrogen-bond donors (Lipinski definition) is 2. The summed E-state index contributed by atoms with van der Waals surface area (Å²) in [4.78, 5) is 25.6. The number of hydrogen-bond acceptors (Lipinski definition) is 4. The Hall–Kier alpha value is -4.32. The third-order valence-electron chi connectivity index (χ3n) is 5.82. The van der Waals surface area contributed by atoms with E-state index in [9.17, 15) is 9.59 Å². The number of carbonyl (C=O) groups is 2. The molecule has 0 aliphatic carbocycles. The first-order valence-electron chi connectivity index (χ1n) is 11.4. The standard InChI is InChI=1S/C29H28N2O4/c1-18-14-19(2)24(20(3)15-18)17-23-11-13-27(35-23)29(33)31-25-16-21(10-12-26(25)34-4)28(32)30-22-8-6-5-7-9-22/h5-16H,17H2,1-4H3,(H,30,32)(H,31,33). The molecule has 4 rings (SSSR count). The van der Waals surface area contributed by atoms with Crippen LogP contribution in [0.15, 0.2) is 77.2 Å². The highest BCUT2D eigenvalue weighted by Crippen LogP contribution is 2.27. The molecule has 0 aliphatic heterocycles. The van der Waals surface area contributed by atoms with E-state index in [0.717, 1.165) is 0 Å². The Balaban J connectivity index is 1.50. The summed E-state index contributed by atoms with van der Waals surface area (Å²) in [5.41, 5.74) is 6.24. The van der Waals surface area contributed by atoms with E-state index in [2.05, 4.69) is 43.5 Å². The Labute approximate surface area is 204 Å². The highest BCUT2D eigenvalue weighted by molar-refractivity contribution is 6.07. The molecule has 0 bridgehead atoms. The largest absolute Gasteiger partial charge is 0.495 e. The fraction of sp³-hybridized carbons (Fsp3) is 0.172. The Kier molecular flexibility index (Phi) is 7.01. The van der Waals surface area contributed by atoms with Crippen LogP contribution in [0, 0.1) is 20.8 Å². The highest BCUT2D eigenvalue weighted by atomic mass is 16.5. The van der Waals surface area contributed by atoms with Crippen LogP contribution >= 0.6 is 0 Å². The van der Waals surface area contributed by atoms with Crippen LogP contribution < -0.4 is 15.4 Å². The van der Waals surface area contributed by atoms with Crippen molar-refractivity contribution in [3.63, 3.8) is 0 Å². The van der Waals surface area contributed by atoms with E-state index in [-0.39, 0.29) is 11.7 Å². The first kappa shape index (κ1) is 23.8. The molecule has 0 fully saturated rings. The molecule has 0 atom stereocenters. The summed E-state index contributed by atoms with van der Waals surface area (Å²) in [6, 6.07) is 21.8. The predicted molar refractivity (Wildman–Crippen MR) is 138 cm³/mol. The number of amides is 2. The Morgan fingerprint density at radius 2 is 1.54 bits per heavy atom. The zero-order valence-corrected chi connectivity index (χ0v) is 20.3. The second-order valence-corrected chi connectivity index (χ2v) is 8.51. The minimum Gasteiger partial charge on any atom is -0.495 e. The van der Waals surface area contributed by atoms with Gasteiger partial charge in [0.25, 0.3) is 11.8 Å². The van der Waals surface area contributed by atoms with Gasteiger partial charge in [0.05, 0.1) is 12.8 Å². The van der Waals surface area contributed by atoms with Gasteiger partial charge in [-0.15, -0.1) is 0 Å². The third-order valence-corrected chi connectivity index (χ3v) is 5.82. The molecule has 4 aromatic rings. The van der Waals surface area contributed by atoms with Gasteiger partial charge in [-0.05, 0) is 79.9 Å². The normalized spacial score (nSPS) is 10.6. The van der Waals surface area contributed by atoms with Gasteiger partial charge in [-0.25, -0.2) is 0 Å². The van der Waals surface area contributed by atoms with Crippen molar-refractivity contribution >= 4 is 23.2 Å². The van der Waals surface area contributed by atoms with E-state index in [1.807, 2.05) is 24.3 Å². The van der Waals surface area contributed by atoms with E-state index >= 15 is 0 Å². The maximum atomic E-state index is 12.9. The van der Waals surface area contributed by atoms with Crippen molar-refractivity contribution in [3.05, 3.63) is 112 Å². The Morgan fingerprint density at radius 3 is 2.23 bits per heavy atom. The monoisotopic (exact) mass is 468 g/mol. The van der Waals surface area contributed by atoms with Crippen LogP contribution in [0.2, 0.25) is 0 Å². The molecule has 2 amide bonds. The van der Waals surface area contributed by atoms with Gasteiger partial charge in [0.15, 0.2) is 5.76 Å². The Bertz CT molecular complexity index is 1350. The lowest BCUT2D eigenvalue weighted by Crippen LogP contribution is -2.15. The van der Waals surface area contributed by atoms with Crippen LogP contribution in [-0.4, -0.2) is 18.9 Å². The maximum absolute atomic E-state index is 12.9. The van der Waals surface area contributed by atoms with Crippen molar-refractivity contribution in [3.8, 4) is 5.75 Å². The Morgan fingerprint density at radius 1 is 0.829 bits per heavy atom. The van der Waals surface area contributed by atoms with Crippen molar-refractivity contribution in [2.45, 2.75) is 27.2 Å². The predicted octanol–water partition coefficient (Wildman–Crippen LogP) is 6.31. The zero-order valence-electron chi connectivity index (χ0n) is 20.3. The molecule has 6 heteroatoms. The minimum atomic E-state index is -0.424. The van der Waals surface area contributed by atoms with E-state index in [1.165, 1.54) is 29.4 Å². The number of para-hydroxylation sites is 1. The second kappa shape index (κ2) is 10.3. The first-order valence-corrected chi connectivity index (χ1v) is 11.4. The topological polar surface area (TPSA) is 80.6 Å². The number of carbonyl (C=O) groups excluding carboxylic acids is 2. The maximum Gasteiger partial charge on any atom is 0.291 e. The highest BCUT2D eigenvalue weighted by Gasteiger charge is 2.17. The molecule has 0 spiro atoms. The SMILES string of the molecule is COc1ccc(C(=O)Nc2ccccc2)cc1NC(=O)c1ccc(Cc2c(C)cc(C)cc2C)o1. The number of rotatable bonds is 7. The van der Waals surface area contributed by atoms with Crippen LogP contribution in [0.25, 0.3) is 0 Å². The van der Waals surface area contributed by atoms with Crippen molar-refractivity contribution in [2.24, 2.45) is 0 Å². The van der Waals surface area contributed by atoms with E-state index in [4.69, 9.17) is 9.15 Å². The van der Waals surface area contributed by atoms with Gasteiger partial charge >= 0.3 is 0 Å². The fourth-order valence-corrected chi connectivity index (χ4v) is 4.11. The van der Waals surface area contributed by atoms with Crippen LogP contribution in [-0.2, 0) is 6.42 Å². The molecular formula is C29H28N2O4. The lowest BCUT2D eigenvalue weighted by atomic mass is 9.97. The van der Waals surface area contributed by atoms with Crippen LogP contribution in [0.3, 0.4) is 0 Å². The molecule has 1 aromatic heterocycles. The summed E-state index contributed by atoms with van der Waals surface area (Å²) < 4.78 is 11.2. The summed E-state index contributed by atoms with van der Waals surface area (Å²) in [5.74, 6) is 0.607. The molecule has 178 valence electrons. The number of ether oxygens (including phenoxy) is 1. The molecule has 3 aromatic carbocycles. The first-order chi connectivity index (χ1) is 16.8. The number of methoxy groups -OCH3 is 1. The molecule has 0 radical (unpaired) electrons. The summed E-state index contributed by atoms with van der Waals surface area (Å²) >= 11 is 0. The smallest absolute Gasteiger partial charge is 0.291 e. The molecule has 2 N–H and O–H groups in total. The molecule has 0 saturated heterocycles. The van der Waals surface area contributed by atoms with Crippen molar-refractivity contribution in [2.75, 3.05) is 17.7 Å². The number of anilines is 2. The lowest BCUT2D eigenvalue weighted by Gasteiger charge is -2.12. The quantitative estimate of drug-likeness (QED) is 0.333. The summed E-state index contributed by atoms with van der Waals surface area (Å²) in [7, 11) is 1.51. The number of nitrogens with one attached hydrogen (secondary N) is 2. The average Bonchev–Trinajstić information content (AvgIpc) is 3.31. The molecule has 0 aliphatic rings. The van der Waals surface area contributed by atoms with Crippen LogP contribution in [0.4, 0.5) is 11.4 Å². The molecule has 0 saturated carbocycles. The van der Waals surface area contributed by atoms with Crippen molar-refractivity contribution < 1.29 is 18.7 Å². The van der Waals surface area contributed by atoms with Gasteiger partial charge in [-0.2, -0.15) is 0 Å². The summed E-state index contributed by atoms with van der Waals surface area (Å²) in [5, 5.41) is 5.64. The summed E-state index contributed by atoms with van der Waals surface area (Å²) in [6.07, 6.45) is 0.601. The molecule has 6 nitrogen and oxygen atoms in total. The number of furan rings is 1. The zero-order chi connectivity index (χ0) is 24.9. The second-order valence-electron chi connectivity index (χ2n) is 8.51. The fourth-order valence-electron chi connectivity index (χ4n) is 4.11. The average molecular weight is 469 g/mol. The van der Waals surface area contributed by atoms with Crippen LogP contribution in [0.5, 0.6) is 5.75 Å². The molecule has 1 heterocycles. The van der Waals surface area contributed by atoms with E-state index in [0.29, 0.717) is 34.9 Å². The van der Waals surface area contributed by atoms with Gasteiger partial charge in [0.2, 0.25) is 0 Å². The lowest BCUT2D eigenvalue weighted by molar-refractivity contribution is 0.0991. The summed E-state index contributed by atoms with van der Waals surface area (Å²) in [6.45, 7) is 6.24. The third kappa shape index (κ3) is 5.61.